The number of nitrogens with two attached hydrogens (primary N) is 1. The molecule has 0 spiro atoms. The van der Waals surface area contributed by atoms with Crippen molar-refractivity contribution < 1.29 is 17.9 Å². The molecule has 0 radical (unpaired) electrons. The number of aliphatic imine (C=N–C) groups is 2. The minimum Gasteiger partial charge on any atom is -0.407 e. The van der Waals surface area contributed by atoms with Gasteiger partial charge in [-0.05, 0) is 18.2 Å². The smallest absolute Gasteiger partial charge is 0.291 e. The van der Waals surface area contributed by atoms with Gasteiger partial charge in [0.05, 0.1) is 28.5 Å². The molecule has 0 aliphatic carbocycles. The SMILES string of the molecule is N=C(OC(N)=NC1N=C(c2ccccc2)c2ccccc2NC1=O)c1ccccc1N1CCS(=O)(=O)CC1. The van der Waals surface area contributed by atoms with Gasteiger partial charge < -0.3 is 20.7 Å². The minimum absolute atomic E-state index is 0.0417. The molecule has 2 aliphatic rings. The van der Waals surface area contributed by atoms with Gasteiger partial charge >= 0.3 is 0 Å². The first-order valence-electron chi connectivity index (χ1n) is 12.0. The topological polar surface area (TPSA) is 150 Å². The minimum atomic E-state index is -3.06. The third-order valence-corrected chi connectivity index (χ3v) is 7.87. The number of benzodiazepines with no additional fused rings is 1. The zero-order chi connectivity index (χ0) is 26.7. The van der Waals surface area contributed by atoms with Gasteiger partial charge in [0.1, 0.15) is 0 Å². The van der Waals surface area contributed by atoms with E-state index >= 15 is 0 Å². The maximum Gasteiger partial charge on any atom is 0.291 e. The highest BCUT2D eigenvalue weighted by Crippen LogP contribution is 2.25. The van der Waals surface area contributed by atoms with Crippen LogP contribution in [0.2, 0.25) is 0 Å². The highest BCUT2D eigenvalue weighted by Gasteiger charge is 2.27. The van der Waals surface area contributed by atoms with Crippen molar-refractivity contribution in [2.24, 2.45) is 15.7 Å². The first-order valence-corrected chi connectivity index (χ1v) is 13.8. The number of amides is 1. The lowest BCUT2D eigenvalue weighted by atomic mass is 10.0. The van der Waals surface area contributed by atoms with E-state index in [9.17, 15) is 13.2 Å². The van der Waals surface area contributed by atoms with Gasteiger partial charge in [-0.1, -0.05) is 60.7 Å². The molecule has 0 saturated carbocycles. The van der Waals surface area contributed by atoms with Gasteiger partial charge in [-0.3, -0.25) is 10.2 Å². The van der Waals surface area contributed by atoms with E-state index in [1.165, 1.54) is 0 Å². The van der Waals surface area contributed by atoms with Gasteiger partial charge in [0.2, 0.25) is 12.1 Å². The molecule has 1 atom stereocenters. The Morgan fingerprint density at radius 1 is 1.00 bits per heavy atom. The van der Waals surface area contributed by atoms with E-state index in [0.29, 0.717) is 35.7 Å². The Labute approximate surface area is 220 Å². The fourth-order valence-corrected chi connectivity index (χ4v) is 5.56. The summed E-state index contributed by atoms with van der Waals surface area (Å²) >= 11 is 0. The molecule has 0 bridgehead atoms. The number of ether oxygens (including phenoxy) is 1. The molecule has 3 aromatic rings. The fourth-order valence-electron chi connectivity index (χ4n) is 4.36. The standard InChI is InChI=1S/C27H26N6O4S/c28-24(20-11-5-7-13-22(20)33-14-16-38(35,36)17-15-33)37-27(29)32-25-26(34)30-21-12-6-4-10-19(21)23(31-25)18-8-2-1-3-9-18/h1-13,25,28H,14-17H2,(H2,29,32)(H,30,34). The van der Waals surface area contributed by atoms with Crippen LogP contribution in [0.3, 0.4) is 0 Å². The van der Waals surface area contributed by atoms with Crippen LogP contribution in [0, 0.1) is 5.41 Å². The Morgan fingerprint density at radius 3 is 2.42 bits per heavy atom. The van der Waals surface area contributed by atoms with Crippen molar-refractivity contribution in [2.45, 2.75) is 6.17 Å². The molecule has 1 fully saturated rings. The third-order valence-electron chi connectivity index (χ3n) is 6.26. The van der Waals surface area contributed by atoms with Gasteiger partial charge in [0.25, 0.3) is 11.9 Å². The molecule has 1 amide bonds. The Kier molecular flexibility index (Phi) is 6.93. The summed E-state index contributed by atoms with van der Waals surface area (Å²) < 4.78 is 29.2. The Bertz CT molecular complexity index is 1540. The molecule has 1 saturated heterocycles. The summed E-state index contributed by atoms with van der Waals surface area (Å²) in [5, 5.41) is 11.4. The quantitative estimate of drug-likeness (QED) is 0.348. The van der Waals surface area contributed by atoms with E-state index in [-0.39, 0.29) is 17.4 Å². The summed E-state index contributed by atoms with van der Waals surface area (Å²) in [5.74, 6) is -0.684. The van der Waals surface area contributed by atoms with Crippen molar-refractivity contribution in [2.75, 3.05) is 34.8 Å². The first-order chi connectivity index (χ1) is 18.3. The lowest BCUT2D eigenvalue weighted by Crippen LogP contribution is -2.41. The number of rotatable bonds is 4. The molecular weight excluding hydrogens is 504 g/mol. The number of fused-ring (bicyclic) bond motifs is 1. The van der Waals surface area contributed by atoms with Crippen LogP contribution >= 0.6 is 0 Å². The predicted octanol–water partition coefficient (Wildman–Crippen LogP) is 2.39. The van der Waals surface area contributed by atoms with Crippen molar-refractivity contribution in [3.63, 3.8) is 0 Å². The zero-order valence-corrected chi connectivity index (χ0v) is 21.2. The summed E-state index contributed by atoms with van der Waals surface area (Å²) in [7, 11) is -3.06. The second-order valence-corrected chi connectivity index (χ2v) is 11.1. The number of carbonyl (C=O) groups is 1. The highest BCUT2D eigenvalue weighted by molar-refractivity contribution is 7.91. The molecule has 2 aliphatic heterocycles. The number of anilines is 2. The number of amidine groups is 1. The van der Waals surface area contributed by atoms with E-state index in [0.717, 1.165) is 11.1 Å². The van der Waals surface area contributed by atoms with Gasteiger partial charge in [-0.25, -0.2) is 13.4 Å². The zero-order valence-electron chi connectivity index (χ0n) is 20.4. The van der Waals surface area contributed by atoms with Crippen LogP contribution < -0.4 is 16.0 Å². The van der Waals surface area contributed by atoms with Crippen molar-refractivity contribution in [3.8, 4) is 0 Å². The van der Waals surface area contributed by atoms with Crippen LogP contribution in [0.15, 0.2) is 88.8 Å². The number of nitrogens with zero attached hydrogens (tertiary/aromatic N) is 3. The monoisotopic (exact) mass is 530 g/mol. The van der Waals surface area contributed by atoms with Crippen LogP contribution in [0.4, 0.5) is 11.4 Å². The average molecular weight is 531 g/mol. The maximum absolute atomic E-state index is 13.0. The first kappa shape index (κ1) is 25.2. The third kappa shape index (κ3) is 5.42. The van der Waals surface area contributed by atoms with E-state index in [4.69, 9.17) is 15.9 Å². The Morgan fingerprint density at radius 2 is 1.66 bits per heavy atom. The Hall–Kier alpha value is -4.51. The molecule has 194 valence electrons. The largest absolute Gasteiger partial charge is 0.407 e. The van der Waals surface area contributed by atoms with Crippen LogP contribution in [-0.4, -0.2) is 62.7 Å². The number of para-hydroxylation sites is 2. The van der Waals surface area contributed by atoms with E-state index in [2.05, 4.69) is 15.3 Å². The fraction of sp³-hybridized carbons (Fsp3) is 0.185. The van der Waals surface area contributed by atoms with Crippen molar-refractivity contribution >= 4 is 44.8 Å². The molecule has 1 unspecified atom stereocenters. The number of hydrogen-bond donors (Lipinski definition) is 3. The van der Waals surface area contributed by atoms with Gasteiger partial charge in [-0.15, -0.1) is 0 Å². The average Bonchev–Trinajstić information content (AvgIpc) is 3.05. The summed E-state index contributed by atoms with van der Waals surface area (Å²) in [4.78, 5) is 23.7. The number of carbonyl (C=O) groups excluding carboxylic acids is 1. The van der Waals surface area contributed by atoms with E-state index < -0.39 is 27.9 Å². The van der Waals surface area contributed by atoms with Gasteiger partial charge in [-0.2, -0.15) is 4.99 Å². The van der Waals surface area contributed by atoms with Crippen LogP contribution in [0.1, 0.15) is 16.7 Å². The van der Waals surface area contributed by atoms with Crippen molar-refractivity contribution in [1.82, 2.24) is 0 Å². The molecule has 11 heteroatoms. The second kappa shape index (κ2) is 10.5. The normalized spacial score (nSPS) is 19.0. The molecular formula is C27H26N6O4S. The molecule has 10 nitrogen and oxygen atoms in total. The molecule has 38 heavy (non-hydrogen) atoms. The molecule has 0 aromatic heterocycles. The summed E-state index contributed by atoms with van der Waals surface area (Å²) in [6.45, 7) is 0.631. The maximum atomic E-state index is 13.0. The van der Waals surface area contributed by atoms with Gasteiger partial charge in [0, 0.05) is 29.9 Å². The predicted molar refractivity (Wildman–Crippen MR) is 148 cm³/mol. The molecule has 4 N–H and O–H groups in total. The lowest BCUT2D eigenvalue weighted by molar-refractivity contribution is -0.117. The number of benzene rings is 3. The number of nitrogens with one attached hydrogen (secondary N) is 2. The Balaban J connectivity index is 1.41. The molecule has 5 rings (SSSR count). The summed E-state index contributed by atoms with van der Waals surface area (Å²) in [6, 6.07) is 23.4. The van der Waals surface area contributed by atoms with Crippen LogP contribution in [0.5, 0.6) is 0 Å². The summed E-state index contributed by atoms with van der Waals surface area (Å²) in [6.07, 6.45) is -1.24. The van der Waals surface area contributed by atoms with E-state index in [1.807, 2.05) is 53.4 Å². The van der Waals surface area contributed by atoms with E-state index in [1.54, 1.807) is 30.3 Å². The van der Waals surface area contributed by atoms with Crippen LogP contribution in [0.25, 0.3) is 0 Å². The van der Waals surface area contributed by atoms with Crippen molar-refractivity contribution in [1.29, 1.82) is 5.41 Å². The lowest BCUT2D eigenvalue weighted by Gasteiger charge is -2.30. The van der Waals surface area contributed by atoms with Crippen molar-refractivity contribution in [3.05, 3.63) is 95.6 Å². The summed E-state index contributed by atoms with van der Waals surface area (Å²) in [5.41, 5.74) is 9.86. The highest BCUT2D eigenvalue weighted by atomic mass is 32.2. The molecule has 3 aromatic carbocycles. The molecule has 2 heterocycles. The van der Waals surface area contributed by atoms with Crippen LogP contribution in [-0.2, 0) is 19.4 Å². The second-order valence-electron chi connectivity index (χ2n) is 8.81. The van der Waals surface area contributed by atoms with Gasteiger partial charge in [0.15, 0.2) is 9.84 Å². The number of hydrogen-bond acceptors (Lipinski definition) is 8. The number of sulfone groups is 1.